The normalized spacial score (nSPS) is 18.9. The van der Waals surface area contributed by atoms with Crippen LogP contribution in [0, 0.1) is 0 Å². The van der Waals surface area contributed by atoms with Crippen LogP contribution >= 0.6 is 11.6 Å². The van der Waals surface area contributed by atoms with Gasteiger partial charge in [-0.3, -0.25) is 4.90 Å². The molecule has 22 heavy (non-hydrogen) atoms. The summed E-state index contributed by atoms with van der Waals surface area (Å²) in [7, 11) is 0. The lowest BCUT2D eigenvalue weighted by molar-refractivity contribution is 0.258. The number of benzene rings is 1. The number of rotatable bonds is 6. The van der Waals surface area contributed by atoms with Gasteiger partial charge in [-0.05, 0) is 50.2 Å². The molecule has 1 saturated heterocycles. The summed E-state index contributed by atoms with van der Waals surface area (Å²) in [5.74, 6) is 1.79. The topological polar surface area (TPSA) is 28.4 Å². The fourth-order valence-corrected chi connectivity index (χ4v) is 3.41. The summed E-state index contributed by atoms with van der Waals surface area (Å²) in [5.41, 5.74) is 0.948. The molecule has 2 aromatic rings. The third-order valence-corrected chi connectivity index (χ3v) is 4.72. The van der Waals surface area contributed by atoms with Gasteiger partial charge in [0.15, 0.2) is 0 Å². The van der Waals surface area contributed by atoms with E-state index in [4.69, 9.17) is 16.0 Å². The molecule has 0 radical (unpaired) electrons. The third-order valence-electron chi connectivity index (χ3n) is 4.39. The van der Waals surface area contributed by atoms with E-state index in [2.05, 4.69) is 17.1 Å². The Bertz CT molecular complexity index is 611. The monoisotopic (exact) mass is 318 g/mol. The molecule has 1 aliphatic rings. The number of halogens is 1. The van der Waals surface area contributed by atoms with E-state index in [0.29, 0.717) is 6.04 Å². The van der Waals surface area contributed by atoms with Crippen molar-refractivity contribution in [3.63, 3.8) is 0 Å². The van der Waals surface area contributed by atoms with Crippen LogP contribution in [0.1, 0.15) is 25.5 Å². The van der Waals surface area contributed by atoms with E-state index in [-0.39, 0.29) is 0 Å². The molecule has 1 aromatic heterocycles. The fourth-order valence-electron chi connectivity index (χ4n) is 3.18. The van der Waals surface area contributed by atoms with E-state index in [0.717, 1.165) is 41.7 Å². The maximum absolute atomic E-state index is 6.21. The predicted molar refractivity (Wildman–Crippen MR) is 91.1 cm³/mol. The highest BCUT2D eigenvalue weighted by atomic mass is 35.5. The van der Waals surface area contributed by atoms with Crippen molar-refractivity contribution in [2.24, 2.45) is 0 Å². The Labute approximate surface area is 137 Å². The number of hydrogen-bond acceptors (Lipinski definition) is 3. The highest BCUT2D eigenvalue weighted by Gasteiger charge is 2.22. The van der Waals surface area contributed by atoms with E-state index in [9.17, 15) is 0 Å². The first-order valence-corrected chi connectivity index (χ1v) is 8.44. The van der Waals surface area contributed by atoms with Gasteiger partial charge in [0, 0.05) is 18.2 Å². The molecule has 1 fully saturated rings. The van der Waals surface area contributed by atoms with Gasteiger partial charge in [0.05, 0.1) is 11.6 Å². The number of nitrogens with zero attached hydrogens (tertiary/aromatic N) is 1. The van der Waals surface area contributed by atoms with Gasteiger partial charge in [0.1, 0.15) is 11.5 Å². The number of likely N-dealkylation sites (tertiary alicyclic amines) is 1. The van der Waals surface area contributed by atoms with E-state index in [1.165, 1.54) is 19.4 Å². The first kappa shape index (κ1) is 15.6. The van der Waals surface area contributed by atoms with Crippen molar-refractivity contribution >= 4 is 11.6 Å². The van der Waals surface area contributed by atoms with E-state index < -0.39 is 0 Å². The molecule has 4 heteroatoms. The SMILES string of the molecule is CCN1CCC[C@@H]1CNCc1ccc(-c2ccccc2Cl)o1. The van der Waals surface area contributed by atoms with Crippen molar-refractivity contribution in [1.82, 2.24) is 10.2 Å². The van der Waals surface area contributed by atoms with Gasteiger partial charge in [-0.1, -0.05) is 30.7 Å². The van der Waals surface area contributed by atoms with Crippen LogP contribution in [0.5, 0.6) is 0 Å². The molecular weight excluding hydrogens is 296 g/mol. The highest BCUT2D eigenvalue weighted by molar-refractivity contribution is 6.33. The van der Waals surface area contributed by atoms with Crippen LogP contribution in [0.3, 0.4) is 0 Å². The molecule has 3 nitrogen and oxygen atoms in total. The van der Waals surface area contributed by atoms with Crippen LogP contribution in [0.15, 0.2) is 40.8 Å². The summed E-state index contributed by atoms with van der Waals surface area (Å²) in [6.07, 6.45) is 2.61. The maximum Gasteiger partial charge on any atom is 0.135 e. The fraction of sp³-hybridized carbons (Fsp3) is 0.444. The molecule has 1 aromatic carbocycles. The van der Waals surface area contributed by atoms with Crippen LogP contribution in [0.25, 0.3) is 11.3 Å². The minimum absolute atomic E-state index is 0.669. The smallest absolute Gasteiger partial charge is 0.135 e. The van der Waals surface area contributed by atoms with Crippen molar-refractivity contribution in [1.29, 1.82) is 0 Å². The van der Waals surface area contributed by atoms with Crippen molar-refractivity contribution in [2.75, 3.05) is 19.6 Å². The number of furan rings is 1. The van der Waals surface area contributed by atoms with Gasteiger partial charge in [0.2, 0.25) is 0 Å². The Morgan fingerprint density at radius 2 is 2.14 bits per heavy atom. The minimum atomic E-state index is 0.669. The Morgan fingerprint density at radius 1 is 1.27 bits per heavy atom. The van der Waals surface area contributed by atoms with E-state index >= 15 is 0 Å². The second kappa shape index (κ2) is 7.32. The molecule has 0 amide bonds. The van der Waals surface area contributed by atoms with Gasteiger partial charge < -0.3 is 9.73 Å². The van der Waals surface area contributed by atoms with Crippen molar-refractivity contribution in [3.05, 3.63) is 47.2 Å². The maximum atomic E-state index is 6.21. The molecule has 2 heterocycles. The summed E-state index contributed by atoms with van der Waals surface area (Å²) < 4.78 is 5.91. The van der Waals surface area contributed by atoms with Crippen LogP contribution in [0.2, 0.25) is 5.02 Å². The van der Waals surface area contributed by atoms with Gasteiger partial charge in [-0.2, -0.15) is 0 Å². The second-order valence-electron chi connectivity index (χ2n) is 5.80. The van der Waals surface area contributed by atoms with Crippen LogP contribution in [-0.4, -0.2) is 30.6 Å². The van der Waals surface area contributed by atoms with Gasteiger partial charge >= 0.3 is 0 Å². The van der Waals surface area contributed by atoms with Gasteiger partial charge in [0.25, 0.3) is 0 Å². The number of nitrogens with one attached hydrogen (secondary N) is 1. The lowest BCUT2D eigenvalue weighted by atomic mass is 10.2. The molecule has 0 unspecified atom stereocenters. The average molecular weight is 319 g/mol. The molecule has 3 rings (SSSR count). The molecule has 118 valence electrons. The predicted octanol–water partition coefficient (Wildman–Crippen LogP) is 4.17. The molecule has 0 bridgehead atoms. The largest absolute Gasteiger partial charge is 0.460 e. The van der Waals surface area contributed by atoms with Crippen molar-refractivity contribution < 1.29 is 4.42 Å². The zero-order valence-electron chi connectivity index (χ0n) is 13.0. The standard InChI is InChI=1S/C18H23ClN2O/c1-2-21-11-5-6-14(21)12-20-13-15-9-10-18(22-15)16-7-3-4-8-17(16)19/h3-4,7-10,14,20H,2,5-6,11-13H2,1H3/t14-/m1/s1. The lowest BCUT2D eigenvalue weighted by Gasteiger charge is -2.22. The second-order valence-corrected chi connectivity index (χ2v) is 6.21. The van der Waals surface area contributed by atoms with Gasteiger partial charge in [-0.25, -0.2) is 0 Å². The summed E-state index contributed by atoms with van der Waals surface area (Å²) in [6, 6.07) is 12.5. The Morgan fingerprint density at radius 3 is 2.95 bits per heavy atom. The minimum Gasteiger partial charge on any atom is -0.460 e. The Hall–Kier alpha value is -1.29. The Balaban J connectivity index is 1.55. The first-order chi connectivity index (χ1) is 10.8. The van der Waals surface area contributed by atoms with Crippen LogP contribution in [0.4, 0.5) is 0 Å². The third kappa shape index (κ3) is 3.54. The van der Waals surface area contributed by atoms with Gasteiger partial charge in [-0.15, -0.1) is 0 Å². The van der Waals surface area contributed by atoms with Crippen LogP contribution < -0.4 is 5.32 Å². The molecule has 1 aliphatic heterocycles. The van der Waals surface area contributed by atoms with E-state index in [1.54, 1.807) is 0 Å². The molecule has 1 atom stereocenters. The quantitative estimate of drug-likeness (QED) is 0.866. The van der Waals surface area contributed by atoms with Crippen molar-refractivity contribution in [2.45, 2.75) is 32.4 Å². The lowest BCUT2D eigenvalue weighted by Crippen LogP contribution is -2.37. The molecule has 0 spiro atoms. The summed E-state index contributed by atoms with van der Waals surface area (Å²) in [5, 5.41) is 4.24. The summed E-state index contributed by atoms with van der Waals surface area (Å²) >= 11 is 6.21. The number of hydrogen-bond donors (Lipinski definition) is 1. The average Bonchev–Trinajstić information content (AvgIpc) is 3.17. The van der Waals surface area contributed by atoms with E-state index in [1.807, 2.05) is 36.4 Å². The summed E-state index contributed by atoms with van der Waals surface area (Å²) in [6.45, 7) is 6.40. The highest BCUT2D eigenvalue weighted by Crippen LogP contribution is 2.29. The zero-order valence-corrected chi connectivity index (χ0v) is 13.8. The molecular formula is C18H23ClN2O. The molecule has 1 N–H and O–H groups in total. The zero-order chi connectivity index (χ0) is 15.4. The Kier molecular flexibility index (Phi) is 5.19. The van der Waals surface area contributed by atoms with Crippen LogP contribution in [-0.2, 0) is 6.54 Å². The van der Waals surface area contributed by atoms with Crippen molar-refractivity contribution in [3.8, 4) is 11.3 Å². The first-order valence-electron chi connectivity index (χ1n) is 8.06. The molecule has 0 aliphatic carbocycles. The molecule has 0 saturated carbocycles. The number of likely N-dealkylation sites (N-methyl/N-ethyl adjacent to an activating group) is 1. The summed E-state index contributed by atoms with van der Waals surface area (Å²) in [4.78, 5) is 2.55.